The summed E-state index contributed by atoms with van der Waals surface area (Å²) in [4.78, 5) is 14.4. The van der Waals surface area contributed by atoms with Crippen LogP contribution in [-0.2, 0) is 9.53 Å². The lowest BCUT2D eigenvalue weighted by Crippen LogP contribution is -2.48. The third-order valence-electron chi connectivity index (χ3n) is 4.36. The van der Waals surface area contributed by atoms with Crippen molar-refractivity contribution in [2.24, 2.45) is 16.6 Å². The molecule has 0 aromatic rings. The summed E-state index contributed by atoms with van der Waals surface area (Å²) in [6, 6.07) is -0.143. The molecule has 3 unspecified atom stereocenters. The van der Waals surface area contributed by atoms with Gasteiger partial charge in [-0.05, 0) is 30.1 Å². The lowest BCUT2D eigenvalue weighted by Gasteiger charge is -2.39. The maximum Gasteiger partial charge on any atom is 0.242 e. The van der Waals surface area contributed by atoms with Crippen LogP contribution in [0.3, 0.4) is 0 Å². The van der Waals surface area contributed by atoms with Crippen molar-refractivity contribution in [3.8, 4) is 0 Å². The van der Waals surface area contributed by atoms with Crippen molar-refractivity contribution in [2.75, 3.05) is 20.3 Å². The quantitative estimate of drug-likeness (QED) is 0.828. The molecule has 2 fully saturated rings. The smallest absolute Gasteiger partial charge is 0.242 e. The standard InChI is InChI=1S/C14H26N2O2/c1-13(2)5-10-6-14(3,8-13)9-16(10)12(17)11(15)7-18-4/h10-11H,5-9,15H2,1-4H3. The van der Waals surface area contributed by atoms with E-state index in [1.54, 1.807) is 7.11 Å². The van der Waals surface area contributed by atoms with Crippen LogP contribution in [0.5, 0.6) is 0 Å². The summed E-state index contributed by atoms with van der Waals surface area (Å²) in [7, 11) is 1.58. The van der Waals surface area contributed by atoms with Crippen LogP contribution in [-0.4, -0.2) is 43.2 Å². The van der Waals surface area contributed by atoms with Crippen LogP contribution in [0.4, 0.5) is 0 Å². The van der Waals surface area contributed by atoms with Crippen molar-refractivity contribution in [1.82, 2.24) is 4.90 Å². The molecule has 2 aliphatic rings. The summed E-state index contributed by atoms with van der Waals surface area (Å²) in [5.74, 6) is 0.0586. The monoisotopic (exact) mass is 254 g/mol. The number of amides is 1. The summed E-state index contributed by atoms with van der Waals surface area (Å²) in [5.41, 5.74) is 6.49. The molecule has 1 heterocycles. The number of methoxy groups -OCH3 is 1. The summed E-state index contributed by atoms with van der Waals surface area (Å²) < 4.78 is 4.99. The minimum Gasteiger partial charge on any atom is -0.383 e. The Hall–Kier alpha value is -0.610. The highest BCUT2D eigenvalue weighted by Crippen LogP contribution is 2.52. The van der Waals surface area contributed by atoms with Crippen molar-refractivity contribution < 1.29 is 9.53 Å². The van der Waals surface area contributed by atoms with Gasteiger partial charge < -0.3 is 15.4 Å². The molecule has 1 saturated carbocycles. The fourth-order valence-corrected chi connectivity index (χ4v) is 4.18. The highest BCUT2D eigenvalue weighted by Gasteiger charge is 2.51. The van der Waals surface area contributed by atoms with Gasteiger partial charge in [0.05, 0.1) is 6.61 Å². The van der Waals surface area contributed by atoms with Gasteiger partial charge in [-0.15, -0.1) is 0 Å². The Balaban J connectivity index is 2.11. The van der Waals surface area contributed by atoms with Gasteiger partial charge >= 0.3 is 0 Å². The van der Waals surface area contributed by atoms with Crippen LogP contribution in [0.2, 0.25) is 0 Å². The molecule has 18 heavy (non-hydrogen) atoms. The Bertz CT molecular complexity index is 343. The second-order valence-corrected chi connectivity index (χ2v) is 7.24. The molecule has 0 radical (unpaired) electrons. The minimum absolute atomic E-state index is 0.0586. The second-order valence-electron chi connectivity index (χ2n) is 7.24. The van der Waals surface area contributed by atoms with E-state index in [1.165, 1.54) is 6.42 Å². The third-order valence-corrected chi connectivity index (χ3v) is 4.36. The molecule has 1 aliphatic heterocycles. The number of hydrogen-bond acceptors (Lipinski definition) is 3. The van der Waals surface area contributed by atoms with E-state index in [0.29, 0.717) is 18.1 Å². The number of fused-ring (bicyclic) bond motifs is 2. The van der Waals surface area contributed by atoms with Crippen molar-refractivity contribution in [1.29, 1.82) is 0 Å². The Kier molecular flexibility index (Phi) is 3.45. The average Bonchev–Trinajstić information content (AvgIpc) is 2.47. The molecule has 1 amide bonds. The highest BCUT2D eigenvalue weighted by molar-refractivity contribution is 5.82. The van der Waals surface area contributed by atoms with Gasteiger partial charge in [0.1, 0.15) is 6.04 Å². The molecule has 2 N–H and O–H groups in total. The number of hydrogen-bond donors (Lipinski definition) is 1. The maximum absolute atomic E-state index is 12.4. The molecule has 1 aliphatic carbocycles. The first-order valence-corrected chi connectivity index (χ1v) is 6.81. The Morgan fingerprint density at radius 3 is 2.72 bits per heavy atom. The number of carbonyl (C=O) groups is 1. The summed E-state index contributed by atoms with van der Waals surface area (Å²) in [6.45, 7) is 8.08. The molecular formula is C14H26N2O2. The van der Waals surface area contributed by atoms with Gasteiger partial charge in [-0.25, -0.2) is 0 Å². The first-order valence-electron chi connectivity index (χ1n) is 6.81. The minimum atomic E-state index is -0.513. The zero-order chi connectivity index (χ0) is 13.6. The molecule has 4 nitrogen and oxygen atoms in total. The first-order chi connectivity index (χ1) is 8.26. The molecule has 4 heteroatoms. The van der Waals surface area contributed by atoms with Crippen LogP contribution in [0.15, 0.2) is 0 Å². The first kappa shape index (κ1) is 13.8. The van der Waals surface area contributed by atoms with Gasteiger partial charge in [0, 0.05) is 19.7 Å². The molecule has 0 aromatic carbocycles. The predicted octanol–water partition coefficient (Wildman–Crippen LogP) is 1.39. The topological polar surface area (TPSA) is 55.6 Å². The Morgan fingerprint density at radius 1 is 1.44 bits per heavy atom. The SMILES string of the molecule is COCC(N)C(=O)N1CC2(C)CC1CC(C)(C)C2. The van der Waals surface area contributed by atoms with Gasteiger partial charge in [0.25, 0.3) is 0 Å². The summed E-state index contributed by atoms with van der Waals surface area (Å²) in [5, 5.41) is 0. The van der Waals surface area contributed by atoms with Crippen LogP contribution in [0.1, 0.15) is 40.0 Å². The second kappa shape index (κ2) is 4.49. The molecule has 1 saturated heterocycles. The zero-order valence-corrected chi connectivity index (χ0v) is 12.0. The van der Waals surface area contributed by atoms with Gasteiger partial charge in [-0.2, -0.15) is 0 Å². The molecule has 0 spiro atoms. The number of nitrogens with zero attached hydrogens (tertiary/aromatic N) is 1. The summed E-state index contributed by atoms with van der Waals surface area (Å²) >= 11 is 0. The Morgan fingerprint density at radius 2 is 2.11 bits per heavy atom. The van der Waals surface area contributed by atoms with E-state index in [9.17, 15) is 4.79 Å². The fourth-order valence-electron chi connectivity index (χ4n) is 4.18. The van der Waals surface area contributed by atoms with Crippen molar-refractivity contribution in [3.05, 3.63) is 0 Å². The average molecular weight is 254 g/mol. The Labute approximate surface area is 110 Å². The lowest BCUT2D eigenvalue weighted by atomic mass is 9.65. The fraction of sp³-hybridized carbons (Fsp3) is 0.929. The molecule has 3 atom stereocenters. The van der Waals surface area contributed by atoms with E-state index in [0.717, 1.165) is 19.4 Å². The maximum atomic E-state index is 12.4. The number of ether oxygens (including phenoxy) is 1. The van der Waals surface area contributed by atoms with Crippen LogP contribution in [0.25, 0.3) is 0 Å². The molecule has 2 rings (SSSR count). The predicted molar refractivity (Wildman–Crippen MR) is 71.1 cm³/mol. The normalized spacial score (nSPS) is 35.6. The van der Waals surface area contributed by atoms with Gasteiger partial charge in [0.2, 0.25) is 5.91 Å². The van der Waals surface area contributed by atoms with Gasteiger partial charge in [-0.3, -0.25) is 4.79 Å². The van der Waals surface area contributed by atoms with E-state index in [1.807, 2.05) is 4.90 Å². The molecular weight excluding hydrogens is 228 g/mol. The largest absolute Gasteiger partial charge is 0.383 e. The van der Waals surface area contributed by atoms with Crippen molar-refractivity contribution >= 4 is 5.91 Å². The zero-order valence-electron chi connectivity index (χ0n) is 12.0. The van der Waals surface area contributed by atoms with E-state index in [-0.39, 0.29) is 11.3 Å². The van der Waals surface area contributed by atoms with E-state index < -0.39 is 6.04 Å². The van der Waals surface area contributed by atoms with Gasteiger partial charge in [-0.1, -0.05) is 20.8 Å². The molecule has 2 bridgehead atoms. The van der Waals surface area contributed by atoms with Gasteiger partial charge in [0.15, 0.2) is 0 Å². The third kappa shape index (κ3) is 2.54. The van der Waals surface area contributed by atoms with Crippen molar-refractivity contribution in [3.63, 3.8) is 0 Å². The van der Waals surface area contributed by atoms with E-state index >= 15 is 0 Å². The number of rotatable bonds is 3. The molecule has 0 aromatic heterocycles. The van der Waals surface area contributed by atoms with E-state index in [2.05, 4.69) is 20.8 Å². The van der Waals surface area contributed by atoms with Crippen LogP contribution >= 0.6 is 0 Å². The van der Waals surface area contributed by atoms with Crippen LogP contribution < -0.4 is 5.73 Å². The van der Waals surface area contributed by atoms with Crippen LogP contribution in [0, 0.1) is 10.8 Å². The number of carbonyl (C=O) groups excluding carboxylic acids is 1. The molecule has 104 valence electrons. The number of nitrogens with two attached hydrogens (primary N) is 1. The highest BCUT2D eigenvalue weighted by atomic mass is 16.5. The lowest BCUT2D eigenvalue weighted by molar-refractivity contribution is -0.134. The van der Waals surface area contributed by atoms with E-state index in [4.69, 9.17) is 10.5 Å². The summed E-state index contributed by atoms with van der Waals surface area (Å²) in [6.07, 6.45) is 3.41. The van der Waals surface area contributed by atoms with Crippen molar-refractivity contribution in [2.45, 2.75) is 52.1 Å². The number of likely N-dealkylation sites (tertiary alicyclic amines) is 1.